The molecule has 122 valence electrons. The van der Waals surface area contributed by atoms with E-state index in [1.165, 1.54) is 5.39 Å². The number of H-pyrrole nitrogens is 1. The average Bonchev–Trinajstić information content (AvgIpc) is 3.06. The fourth-order valence-electron chi connectivity index (χ4n) is 3.40. The second kappa shape index (κ2) is 6.35. The Kier molecular flexibility index (Phi) is 3.91. The smallest absolute Gasteiger partial charge is 0.322 e. The van der Waals surface area contributed by atoms with Crippen molar-refractivity contribution in [3.63, 3.8) is 0 Å². The van der Waals surface area contributed by atoms with Gasteiger partial charge in [0.1, 0.15) is 0 Å². The molecule has 5 heteroatoms. The highest BCUT2D eigenvalue weighted by atomic mass is 16.2. The number of aromatic nitrogens is 2. The van der Waals surface area contributed by atoms with Crippen molar-refractivity contribution in [2.45, 2.75) is 25.3 Å². The Bertz CT molecular complexity index is 810. The fourth-order valence-corrected chi connectivity index (χ4v) is 3.40. The summed E-state index contributed by atoms with van der Waals surface area (Å²) in [7, 11) is 0. The number of fused-ring (bicyclic) bond motifs is 1. The Labute approximate surface area is 140 Å². The van der Waals surface area contributed by atoms with Crippen LogP contribution in [-0.2, 0) is 0 Å². The van der Waals surface area contributed by atoms with E-state index in [2.05, 4.69) is 33.5 Å². The van der Waals surface area contributed by atoms with Gasteiger partial charge in [0, 0.05) is 35.8 Å². The van der Waals surface area contributed by atoms with Crippen molar-refractivity contribution in [1.82, 2.24) is 14.9 Å². The molecule has 0 aliphatic carbocycles. The van der Waals surface area contributed by atoms with E-state index in [9.17, 15) is 4.79 Å². The normalized spacial score (nSPS) is 17.8. The number of piperidine rings is 1. The van der Waals surface area contributed by atoms with Crippen LogP contribution in [0.15, 0.2) is 54.9 Å². The van der Waals surface area contributed by atoms with Crippen LogP contribution in [-0.4, -0.2) is 27.4 Å². The molecule has 3 aromatic rings. The van der Waals surface area contributed by atoms with Crippen LogP contribution in [0.3, 0.4) is 0 Å². The molecule has 1 atom stereocenters. The maximum absolute atomic E-state index is 12.7. The average molecular weight is 320 g/mol. The van der Waals surface area contributed by atoms with Crippen molar-refractivity contribution in [3.8, 4) is 0 Å². The van der Waals surface area contributed by atoms with Crippen molar-refractivity contribution < 1.29 is 4.79 Å². The minimum Gasteiger partial charge on any atom is -0.357 e. The SMILES string of the molecule is O=C(Nc1ccncc1)N1CCCC[C@H]1c1cc2ccccc2[nH]1. The Morgan fingerprint density at radius 2 is 2.00 bits per heavy atom. The molecular weight excluding hydrogens is 300 g/mol. The van der Waals surface area contributed by atoms with Crippen molar-refractivity contribution in [1.29, 1.82) is 0 Å². The van der Waals surface area contributed by atoms with Crippen LogP contribution in [0.25, 0.3) is 10.9 Å². The van der Waals surface area contributed by atoms with Crippen LogP contribution in [0.4, 0.5) is 10.5 Å². The molecular formula is C19H20N4O. The van der Waals surface area contributed by atoms with Gasteiger partial charge in [0.15, 0.2) is 0 Å². The van der Waals surface area contributed by atoms with Crippen molar-refractivity contribution in [3.05, 3.63) is 60.6 Å². The maximum atomic E-state index is 12.7. The summed E-state index contributed by atoms with van der Waals surface area (Å²) in [5.41, 5.74) is 3.00. The molecule has 0 radical (unpaired) electrons. The molecule has 3 heterocycles. The molecule has 0 bridgehead atoms. The molecule has 4 rings (SSSR count). The van der Waals surface area contributed by atoms with Gasteiger partial charge in [-0.05, 0) is 48.9 Å². The second-order valence-electron chi connectivity index (χ2n) is 6.18. The number of likely N-dealkylation sites (tertiary alicyclic amines) is 1. The Morgan fingerprint density at radius 3 is 2.83 bits per heavy atom. The molecule has 0 unspecified atom stereocenters. The number of rotatable bonds is 2. The van der Waals surface area contributed by atoms with E-state index in [-0.39, 0.29) is 12.1 Å². The lowest BCUT2D eigenvalue weighted by molar-refractivity contribution is 0.162. The number of urea groups is 1. The van der Waals surface area contributed by atoms with Crippen LogP contribution < -0.4 is 5.32 Å². The summed E-state index contributed by atoms with van der Waals surface area (Å²) in [6, 6.07) is 14.0. The molecule has 1 saturated heterocycles. The number of nitrogens with one attached hydrogen (secondary N) is 2. The summed E-state index contributed by atoms with van der Waals surface area (Å²) in [6.45, 7) is 0.775. The number of carbonyl (C=O) groups is 1. The zero-order valence-corrected chi connectivity index (χ0v) is 13.4. The number of pyridine rings is 1. The summed E-state index contributed by atoms with van der Waals surface area (Å²) in [5.74, 6) is 0. The summed E-state index contributed by atoms with van der Waals surface area (Å²) >= 11 is 0. The predicted octanol–water partition coefficient (Wildman–Crippen LogP) is 4.32. The maximum Gasteiger partial charge on any atom is 0.322 e. The van der Waals surface area contributed by atoms with E-state index < -0.39 is 0 Å². The van der Waals surface area contributed by atoms with Crippen LogP contribution in [0.2, 0.25) is 0 Å². The van der Waals surface area contributed by atoms with E-state index in [0.717, 1.165) is 42.7 Å². The molecule has 2 amide bonds. The Morgan fingerprint density at radius 1 is 1.17 bits per heavy atom. The van der Waals surface area contributed by atoms with Crippen LogP contribution in [0, 0.1) is 0 Å². The number of nitrogens with zero attached hydrogens (tertiary/aromatic N) is 2. The lowest BCUT2D eigenvalue weighted by Gasteiger charge is -2.35. The molecule has 24 heavy (non-hydrogen) atoms. The summed E-state index contributed by atoms with van der Waals surface area (Å²) in [4.78, 5) is 22.2. The third-order valence-corrected chi connectivity index (χ3v) is 4.61. The highest BCUT2D eigenvalue weighted by molar-refractivity contribution is 5.89. The number of aromatic amines is 1. The van der Waals surface area contributed by atoms with Gasteiger partial charge in [-0.2, -0.15) is 0 Å². The fraction of sp³-hybridized carbons (Fsp3) is 0.263. The van der Waals surface area contributed by atoms with E-state index >= 15 is 0 Å². The number of benzene rings is 1. The Balaban J connectivity index is 1.59. The van der Waals surface area contributed by atoms with Gasteiger partial charge in [-0.1, -0.05) is 18.2 Å². The molecule has 2 N–H and O–H groups in total. The van der Waals surface area contributed by atoms with Crippen LogP contribution >= 0.6 is 0 Å². The number of carbonyl (C=O) groups excluding carboxylic acids is 1. The standard InChI is InChI=1S/C19H20N4O/c24-19(21-15-8-10-20-11-9-15)23-12-4-3-7-18(23)17-13-14-5-1-2-6-16(14)22-17/h1-2,5-6,8-11,13,18,22H,3-4,7,12H2,(H,20,21,24)/t18-/m0/s1. The molecule has 2 aromatic heterocycles. The Hall–Kier alpha value is -2.82. The quantitative estimate of drug-likeness (QED) is 0.738. The van der Waals surface area contributed by atoms with Gasteiger partial charge in [0.2, 0.25) is 0 Å². The highest BCUT2D eigenvalue weighted by Gasteiger charge is 2.29. The zero-order valence-electron chi connectivity index (χ0n) is 13.4. The van der Waals surface area contributed by atoms with Crippen LogP contribution in [0.1, 0.15) is 31.0 Å². The predicted molar refractivity (Wildman–Crippen MR) is 94.9 cm³/mol. The number of para-hydroxylation sites is 1. The number of anilines is 1. The number of hydrogen-bond acceptors (Lipinski definition) is 2. The van der Waals surface area contributed by atoms with Crippen molar-refractivity contribution >= 4 is 22.6 Å². The lowest BCUT2D eigenvalue weighted by atomic mass is 9.99. The minimum absolute atomic E-state index is 0.0513. The monoisotopic (exact) mass is 320 g/mol. The molecule has 1 aromatic carbocycles. The van der Waals surface area contributed by atoms with E-state index in [0.29, 0.717) is 0 Å². The topological polar surface area (TPSA) is 61.0 Å². The van der Waals surface area contributed by atoms with Gasteiger partial charge < -0.3 is 15.2 Å². The van der Waals surface area contributed by atoms with E-state index in [4.69, 9.17) is 0 Å². The molecule has 5 nitrogen and oxygen atoms in total. The van der Waals surface area contributed by atoms with Gasteiger partial charge >= 0.3 is 6.03 Å². The van der Waals surface area contributed by atoms with Gasteiger partial charge in [-0.15, -0.1) is 0 Å². The van der Waals surface area contributed by atoms with Crippen LogP contribution in [0.5, 0.6) is 0 Å². The molecule has 0 spiro atoms. The summed E-state index contributed by atoms with van der Waals surface area (Å²) in [5, 5.41) is 4.17. The largest absolute Gasteiger partial charge is 0.357 e. The third kappa shape index (κ3) is 2.85. The number of amides is 2. The lowest BCUT2D eigenvalue weighted by Crippen LogP contribution is -2.41. The molecule has 1 aliphatic rings. The first kappa shape index (κ1) is 14.8. The second-order valence-corrected chi connectivity index (χ2v) is 6.18. The molecule has 1 aliphatic heterocycles. The summed E-state index contributed by atoms with van der Waals surface area (Å²) in [6.07, 6.45) is 6.53. The molecule has 0 saturated carbocycles. The highest BCUT2D eigenvalue weighted by Crippen LogP contribution is 2.32. The van der Waals surface area contributed by atoms with E-state index in [1.807, 2.05) is 17.0 Å². The third-order valence-electron chi connectivity index (χ3n) is 4.61. The van der Waals surface area contributed by atoms with Crippen molar-refractivity contribution in [2.24, 2.45) is 0 Å². The zero-order chi connectivity index (χ0) is 16.4. The van der Waals surface area contributed by atoms with Gasteiger partial charge in [-0.3, -0.25) is 4.98 Å². The summed E-state index contributed by atoms with van der Waals surface area (Å²) < 4.78 is 0. The van der Waals surface area contributed by atoms with Gasteiger partial charge in [0.05, 0.1) is 6.04 Å². The van der Waals surface area contributed by atoms with E-state index in [1.54, 1.807) is 24.5 Å². The number of hydrogen-bond donors (Lipinski definition) is 2. The van der Waals surface area contributed by atoms with Gasteiger partial charge in [-0.25, -0.2) is 4.79 Å². The van der Waals surface area contributed by atoms with Gasteiger partial charge in [0.25, 0.3) is 0 Å². The first-order valence-corrected chi connectivity index (χ1v) is 8.36. The first-order valence-electron chi connectivity index (χ1n) is 8.36. The first-order chi connectivity index (χ1) is 11.8. The van der Waals surface area contributed by atoms with Crippen molar-refractivity contribution in [2.75, 3.05) is 11.9 Å². The molecule has 1 fully saturated rings. The minimum atomic E-state index is -0.0513.